The van der Waals surface area contributed by atoms with Crippen molar-refractivity contribution in [3.63, 3.8) is 0 Å². The number of piperidine rings is 1. The Hall–Kier alpha value is -1.56. The minimum absolute atomic E-state index is 0. The first-order chi connectivity index (χ1) is 10.7. The van der Waals surface area contributed by atoms with Crippen LogP contribution in [-0.2, 0) is 0 Å². The summed E-state index contributed by atoms with van der Waals surface area (Å²) in [5.74, 6) is 0.00317. The second kappa shape index (κ2) is 7.81. The molecule has 1 saturated heterocycles. The zero-order valence-corrected chi connectivity index (χ0v) is 14.3. The SMILES string of the molecule is Cl.NCC1CCCCN1C(=O)c1cnn(-c2cccc(Cl)c2)c1. The van der Waals surface area contributed by atoms with E-state index < -0.39 is 0 Å². The van der Waals surface area contributed by atoms with Crippen LogP contribution in [0.5, 0.6) is 0 Å². The lowest BCUT2D eigenvalue weighted by Crippen LogP contribution is -2.47. The Bertz CT molecular complexity index is 674. The van der Waals surface area contributed by atoms with Crippen molar-refractivity contribution >= 4 is 29.9 Å². The van der Waals surface area contributed by atoms with E-state index in [9.17, 15) is 4.79 Å². The number of aromatic nitrogens is 2. The highest BCUT2D eigenvalue weighted by molar-refractivity contribution is 6.30. The van der Waals surface area contributed by atoms with E-state index in [1.807, 2.05) is 23.1 Å². The van der Waals surface area contributed by atoms with Gasteiger partial charge in [0.25, 0.3) is 5.91 Å². The van der Waals surface area contributed by atoms with Crippen molar-refractivity contribution in [1.82, 2.24) is 14.7 Å². The fourth-order valence-electron chi connectivity index (χ4n) is 2.87. The molecule has 2 aromatic rings. The minimum Gasteiger partial charge on any atom is -0.334 e. The molecule has 2 heterocycles. The molecule has 23 heavy (non-hydrogen) atoms. The molecule has 2 N–H and O–H groups in total. The van der Waals surface area contributed by atoms with Crippen molar-refractivity contribution in [2.24, 2.45) is 5.73 Å². The Balaban J connectivity index is 0.00000192. The van der Waals surface area contributed by atoms with Gasteiger partial charge in [-0.3, -0.25) is 4.79 Å². The second-order valence-corrected chi connectivity index (χ2v) is 5.97. The summed E-state index contributed by atoms with van der Waals surface area (Å²) < 4.78 is 1.67. The maximum atomic E-state index is 12.7. The number of halogens is 2. The fraction of sp³-hybridized carbons (Fsp3) is 0.375. The summed E-state index contributed by atoms with van der Waals surface area (Å²) in [7, 11) is 0. The number of likely N-dealkylation sites (tertiary alicyclic amines) is 1. The summed E-state index contributed by atoms with van der Waals surface area (Å²) in [5.41, 5.74) is 7.21. The van der Waals surface area contributed by atoms with E-state index >= 15 is 0 Å². The fourth-order valence-corrected chi connectivity index (χ4v) is 3.06. The van der Waals surface area contributed by atoms with Crippen molar-refractivity contribution in [2.75, 3.05) is 13.1 Å². The number of carbonyl (C=O) groups is 1. The van der Waals surface area contributed by atoms with E-state index in [0.717, 1.165) is 31.5 Å². The van der Waals surface area contributed by atoms with Crippen LogP contribution < -0.4 is 5.73 Å². The molecule has 0 bridgehead atoms. The summed E-state index contributed by atoms with van der Waals surface area (Å²) >= 11 is 5.99. The lowest BCUT2D eigenvalue weighted by molar-refractivity contribution is 0.0623. The van der Waals surface area contributed by atoms with Crippen LogP contribution in [0, 0.1) is 0 Å². The number of nitrogens with zero attached hydrogens (tertiary/aromatic N) is 3. The van der Waals surface area contributed by atoms with Crippen molar-refractivity contribution in [3.8, 4) is 5.69 Å². The summed E-state index contributed by atoms with van der Waals surface area (Å²) in [4.78, 5) is 14.5. The van der Waals surface area contributed by atoms with Gasteiger partial charge in [0.05, 0.1) is 17.4 Å². The maximum absolute atomic E-state index is 12.7. The molecule has 1 unspecified atom stereocenters. The molecule has 1 amide bonds. The van der Waals surface area contributed by atoms with Crippen molar-refractivity contribution in [2.45, 2.75) is 25.3 Å². The normalized spacial score (nSPS) is 17.7. The lowest BCUT2D eigenvalue weighted by atomic mass is 10.0. The Morgan fingerprint density at radius 2 is 2.22 bits per heavy atom. The van der Waals surface area contributed by atoms with Crippen LogP contribution in [-0.4, -0.2) is 39.7 Å². The van der Waals surface area contributed by atoms with Crippen LogP contribution in [0.15, 0.2) is 36.7 Å². The number of benzene rings is 1. The standard InChI is InChI=1S/C16H19ClN4O.ClH/c17-13-4-3-6-14(8-13)21-11-12(10-19-21)16(22)20-7-2-1-5-15(20)9-18;/h3-4,6,8,10-11,15H,1-2,5,7,9,18H2;1H. The summed E-state index contributed by atoms with van der Waals surface area (Å²) in [6.07, 6.45) is 6.49. The number of nitrogens with two attached hydrogens (primary N) is 1. The van der Waals surface area contributed by atoms with E-state index in [-0.39, 0.29) is 24.4 Å². The van der Waals surface area contributed by atoms with E-state index in [1.165, 1.54) is 0 Å². The first-order valence-electron chi connectivity index (χ1n) is 7.50. The molecule has 1 atom stereocenters. The minimum atomic E-state index is 0. The molecule has 1 aliphatic rings. The molecular formula is C16H20Cl2N4O. The molecule has 124 valence electrons. The largest absolute Gasteiger partial charge is 0.334 e. The molecule has 1 aromatic carbocycles. The van der Waals surface area contributed by atoms with Gasteiger partial charge in [-0.2, -0.15) is 5.10 Å². The van der Waals surface area contributed by atoms with Gasteiger partial charge in [0, 0.05) is 30.4 Å². The van der Waals surface area contributed by atoms with Crippen LogP contribution in [0.3, 0.4) is 0 Å². The maximum Gasteiger partial charge on any atom is 0.257 e. The van der Waals surface area contributed by atoms with Gasteiger partial charge in [-0.05, 0) is 37.5 Å². The first kappa shape index (κ1) is 17.8. The van der Waals surface area contributed by atoms with E-state index in [0.29, 0.717) is 17.1 Å². The number of carbonyl (C=O) groups excluding carboxylic acids is 1. The Kier molecular flexibility index (Phi) is 6.04. The van der Waals surface area contributed by atoms with Gasteiger partial charge in [0.1, 0.15) is 0 Å². The van der Waals surface area contributed by atoms with E-state index in [4.69, 9.17) is 17.3 Å². The van der Waals surface area contributed by atoms with Gasteiger partial charge < -0.3 is 10.6 Å². The van der Waals surface area contributed by atoms with Gasteiger partial charge in [-0.25, -0.2) is 4.68 Å². The van der Waals surface area contributed by atoms with Crippen molar-refractivity contribution in [1.29, 1.82) is 0 Å². The van der Waals surface area contributed by atoms with Gasteiger partial charge in [-0.1, -0.05) is 17.7 Å². The zero-order valence-electron chi connectivity index (χ0n) is 12.7. The third-order valence-corrected chi connectivity index (χ3v) is 4.30. The number of rotatable bonds is 3. The zero-order chi connectivity index (χ0) is 15.5. The average Bonchev–Trinajstić information content (AvgIpc) is 3.04. The van der Waals surface area contributed by atoms with Crippen LogP contribution in [0.25, 0.3) is 5.69 Å². The highest BCUT2D eigenvalue weighted by Gasteiger charge is 2.27. The average molecular weight is 355 g/mol. The predicted molar refractivity (Wildman–Crippen MR) is 93.6 cm³/mol. The smallest absolute Gasteiger partial charge is 0.257 e. The molecule has 3 rings (SSSR count). The molecule has 0 spiro atoms. The van der Waals surface area contributed by atoms with Crippen molar-refractivity contribution in [3.05, 3.63) is 47.2 Å². The molecule has 0 aliphatic carbocycles. The van der Waals surface area contributed by atoms with Crippen LogP contribution >= 0.6 is 24.0 Å². The Labute approximate surface area is 146 Å². The first-order valence-corrected chi connectivity index (χ1v) is 7.88. The molecule has 7 heteroatoms. The molecule has 1 fully saturated rings. The van der Waals surface area contributed by atoms with Gasteiger partial charge >= 0.3 is 0 Å². The van der Waals surface area contributed by atoms with E-state index in [1.54, 1.807) is 23.1 Å². The van der Waals surface area contributed by atoms with Gasteiger partial charge in [0.15, 0.2) is 0 Å². The summed E-state index contributed by atoms with van der Waals surface area (Å²) in [6, 6.07) is 7.51. The van der Waals surface area contributed by atoms with Crippen molar-refractivity contribution < 1.29 is 4.79 Å². The van der Waals surface area contributed by atoms with Crippen LogP contribution in [0.2, 0.25) is 5.02 Å². The Morgan fingerprint density at radius 1 is 1.39 bits per heavy atom. The summed E-state index contributed by atoms with van der Waals surface area (Å²) in [6.45, 7) is 1.28. The molecule has 5 nitrogen and oxygen atoms in total. The molecular weight excluding hydrogens is 335 g/mol. The predicted octanol–water partition coefficient (Wildman–Crippen LogP) is 2.90. The monoisotopic (exact) mass is 354 g/mol. The topological polar surface area (TPSA) is 64.2 Å². The highest BCUT2D eigenvalue weighted by Crippen LogP contribution is 2.20. The number of hydrogen-bond acceptors (Lipinski definition) is 3. The molecule has 0 saturated carbocycles. The van der Waals surface area contributed by atoms with Gasteiger partial charge in [0.2, 0.25) is 0 Å². The third kappa shape index (κ3) is 3.86. The third-order valence-electron chi connectivity index (χ3n) is 4.06. The number of amides is 1. The quantitative estimate of drug-likeness (QED) is 0.921. The highest BCUT2D eigenvalue weighted by atomic mass is 35.5. The van der Waals surface area contributed by atoms with Gasteiger partial charge in [-0.15, -0.1) is 12.4 Å². The van der Waals surface area contributed by atoms with Crippen LogP contribution in [0.1, 0.15) is 29.6 Å². The van der Waals surface area contributed by atoms with E-state index in [2.05, 4.69) is 5.10 Å². The molecule has 0 radical (unpaired) electrons. The second-order valence-electron chi connectivity index (χ2n) is 5.54. The summed E-state index contributed by atoms with van der Waals surface area (Å²) in [5, 5.41) is 4.91. The number of hydrogen-bond donors (Lipinski definition) is 1. The Morgan fingerprint density at radius 3 is 2.96 bits per heavy atom. The lowest BCUT2D eigenvalue weighted by Gasteiger charge is -2.34. The molecule has 1 aliphatic heterocycles. The molecule has 1 aromatic heterocycles. The van der Waals surface area contributed by atoms with Crippen LogP contribution in [0.4, 0.5) is 0 Å².